The third kappa shape index (κ3) is 4.88. The molecular formula is C27H31N7O. The van der Waals surface area contributed by atoms with Gasteiger partial charge in [-0.25, -0.2) is 9.97 Å². The molecule has 2 atom stereocenters. The molecule has 1 aliphatic rings. The predicted octanol–water partition coefficient (Wildman–Crippen LogP) is 4.06. The molecule has 1 amide bonds. The first-order chi connectivity index (χ1) is 16.9. The Hall–Kier alpha value is -3.78. The summed E-state index contributed by atoms with van der Waals surface area (Å²) in [7, 11) is 6.18. The van der Waals surface area contributed by atoms with Crippen LogP contribution in [0.4, 0.5) is 11.6 Å². The molecule has 1 aliphatic heterocycles. The second kappa shape index (κ2) is 9.46. The summed E-state index contributed by atoms with van der Waals surface area (Å²) in [6.07, 6.45) is 8.40. The number of aromatic nitrogens is 4. The smallest absolute Gasteiger partial charge is 0.257 e. The van der Waals surface area contributed by atoms with E-state index in [1.165, 1.54) is 0 Å². The molecule has 0 bridgehead atoms. The van der Waals surface area contributed by atoms with Gasteiger partial charge in [-0.3, -0.25) is 9.48 Å². The van der Waals surface area contributed by atoms with E-state index in [2.05, 4.69) is 63.3 Å². The van der Waals surface area contributed by atoms with E-state index in [0.717, 1.165) is 47.2 Å². The summed E-state index contributed by atoms with van der Waals surface area (Å²) in [5.41, 5.74) is 2.69. The maximum Gasteiger partial charge on any atom is 0.257 e. The number of rotatable bonds is 5. The predicted molar refractivity (Wildman–Crippen MR) is 140 cm³/mol. The number of pyridine rings is 2. The molecule has 5 rings (SSSR count). The van der Waals surface area contributed by atoms with Gasteiger partial charge in [0.25, 0.3) is 5.91 Å². The van der Waals surface area contributed by atoms with E-state index in [1.807, 2.05) is 37.6 Å². The lowest BCUT2D eigenvalue weighted by molar-refractivity contribution is 0.102. The number of hydrogen-bond donors (Lipinski definition) is 1. The fourth-order valence-corrected chi connectivity index (χ4v) is 4.99. The van der Waals surface area contributed by atoms with Crippen LogP contribution in [0.1, 0.15) is 23.7 Å². The van der Waals surface area contributed by atoms with Crippen LogP contribution < -0.4 is 10.2 Å². The molecule has 180 valence electrons. The zero-order chi connectivity index (χ0) is 24.5. The lowest BCUT2D eigenvalue weighted by Crippen LogP contribution is -2.48. The summed E-state index contributed by atoms with van der Waals surface area (Å²) >= 11 is 0. The van der Waals surface area contributed by atoms with Crippen LogP contribution in [0.25, 0.3) is 21.9 Å². The molecule has 2 unspecified atom stereocenters. The maximum absolute atomic E-state index is 13.1. The Balaban J connectivity index is 1.33. The molecule has 1 aromatic carbocycles. The average molecular weight is 470 g/mol. The van der Waals surface area contributed by atoms with Gasteiger partial charge in [0.15, 0.2) is 0 Å². The molecule has 4 aromatic rings. The van der Waals surface area contributed by atoms with E-state index in [1.54, 1.807) is 23.1 Å². The van der Waals surface area contributed by atoms with Crippen molar-refractivity contribution < 1.29 is 4.79 Å². The van der Waals surface area contributed by atoms with Crippen molar-refractivity contribution in [1.29, 1.82) is 0 Å². The van der Waals surface area contributed by atoms with Gasteiger partial charge in [0.2, 0.25) is 0 Å². The Bertz CT molecular complexity index is 1360. The summed E-state index contributed by atoms with van der Waals surface area (Å²) in [4.78, 5) is 26.6. The highest BCUT2D eigenvalue weighted by molar-refractivity contribution is 6.05. The van der Waals surface area contributed by atoms with Gasteiger partial charge in [0.1, 0.15) is 11.6 Å². The number of piperidine rings is 1. The number of amides is 1. The van der Waals surface area contributed by atoms with Crippen molar-refractivity contribution in [2.45, 2.75) is 19.4 Å². The number of nitrogens with one attached hydrogen (secondary N) is 1. The fraction of sp³-hybridized carbons (Fsp3) is 0.333. The van der Waals surface area contributed by atoms with Crippen molar-refractivity contribution in [3.05, 3.63) is 66.7 Å². The van der Waals surface area contributed by atoms with Gasteiger partial charge in [-0.05, 0) is 61.6 Å². The van der Waals surface area contributed by atoms with E-state index in [4.69, 9.17) is 0 Å². The molecule has 8 nitrogen and oxygen atoms in total. The summed E-state index contributed by atoms with van der Waals surface area (Å²) in [6, 6.07) is 12.3. The molecule has 0 spiro atoms. The monoisotopic (exact) mass is 469 g/mol. The van der Waals surface area contributed by atoms with Crippen LogP contribution >= 0.6 is 0 Å². The van der Waals surface area contributed by atoms with Crippen molar-refractivity contribution in [3.63, 3.8) is 0 Å². The quantitative estimate of drug-likeness (QED) is 0.475. The van der Waals surface area contributed by atoms with E-state index >= 15 is 0 Å². The van der Waals surface area contributed by atoms with E-state index in [-0.39, 0.29) is 5.91 Å². The number of benzene rings is 1. The van der Waals surface area contributed by atoms with Crippen molar-refractivity contribution in [3.8, 4) is 11.1 Å². The van der Waals surface area contributed by atoms with Crippen LogP contribution in [-0.4, -0.2) is 63.8 Å². The summed E-state index contributed by atoms with van der Waals surface area (Å²) in [5, 5.41) is 9.23. The number of carbonyl (C=O) groups is 1. The Labute approximate surface area is 205 Å². The summed E-state index contributed by atoms with van der Waals surface area (Å²) in [6.45, 7) is 4.13. The number of fused-ring (bicyclic) bond motifs is 1. The number of carbonyl (C=O) groups excluding carboxylic acids is 1. The Morgan fingerprint density at radius 3 is 2.66 bits per heavy atom. The van der Waals surface area contributed by atoms with Gasteiger partial charge in [-0.1, -0.05) is 19.1 Å². The first-order valence-electron chi connectivity index (χ1n) is 11.9. The minimum atomic E-state index is -0.194. The lowest BCUT2D eigenvalue weighted by Gasteiger charge is -2.40. The van der Waals surface area contributed by atoms with Gasteiger partial charge in [0, 0.05) is 61.3 Å². The molecule has 0 saturated carbocycles. The van der Waals surface area contributed by atoms with Gasteiger partial charge in [0.05, 0.1) is 6.20 Å². The Morgan fingerprint density at radius 2 is 1.91 bits per heavy atom. The molecule has 1 saturated heterocycles. The van der Waals surface area contributed by atoms with Crippen LogP contribution in [0.5, 0.6) is 0 Å². The molecule has 8 heteroatoms. The number of hydrogen-bond acceptors (Lipinski definition) is 6. The topological polar surface area (TPSA) is 79.2 Å². The highest BCUT2D eigenvalue weighted by Crippen LogP contribution is 2.27. The molecule has 1 N–H and O–H groups in total. The highest BCUT2D eigenvalue weighted by Gasteiger charge is 2.28. The molecule has 0 aliphatic carbocycles. The van der Waals surface area contributed by atoms with Crippen molar-refractivity contribution in [1.82, 2.24) is 24.6 Å². The standard InChI is InChI=1S/C27H31N7O/c1-18-16-34(10-8-24(18)32(2)3)26-13-20(7-9-28-26)27(35)31-25-12-22-11-19(5-6-21(22)14-29-25)23-15-30-33(4)17-23/h5-7,9,11-15,17-18,24H,8,10,16H2,1-4H3,(H,29,31,35). The fourth-order valence-electron chi connectivity index (χ4n) is 4.99. The first kappa shape index (κ1) is 23.0. The lowest BCUT2D eigenvalue weighted by atomic mass is 9.93. The summed E-state index contributed by atoms with van der Waals surface area (Å²) in [5.74, 6) is 1.69. The van der Waals surface area contributed by atoms with E-state index < -0.39 is 0 Å². The second-order valence-corrected chi connectivity index (χ2v) is 9.63. The second-order valence-electron chi connectivity index (χ2n) is 9.63. The zero-order valence-corrected chi connectivity index (χ0v) is 20.6. The molecule has 1 fully saturated rings. The normalized spacial score (nSPS) is 18.3. The molecule has 3 aromatic heterocycles. The molecule has 4 heterocycles. The van der Waals surface area contributed by atoms with Crippen LogP contribution in [0.15, 0.2) is 61.2 Å². The minimum absolute atomic E-state index is 0.194. The SMILES string of the molecule is CC1CN(c2cc(C(=O)Nc3cc4cc(-c5cnn(C)c5)ccc4cn3)ccn2)CCC1N(C)C. The first-order valence-corrected chi connectivity index (χ1v) is 11.9. The van der Waals surface area contributed by atoms with Crippen molar-refractivity contribution >= 4 is 28.3 Å². The van der Waals surface area contributed by atoms with E-state index in [9.17, 15) is 4.79 Å². The third-order valence-electron chi connectivity index (χ3n) is 6.86. The maximum atomic E-state index is 13.1. The molecule has 0 radical (unpaired) electrons. The summed E-state index contributed by atoms with van der Waals surface area (Å²) < 4.78 is 1.78. The Morgan fingerprint density at radius 1 is 1.06 bits per heavy atom. The number of anilines is 2. The molecular weight excluding hydrogens is 438 g/mol. The number of aryl methyl sites for hydroxylation is 1. The van der Waals surface area contributed by atoms with Gasteiger partial charge < -0.3 is 15.1 Å². The third-order valence-corrected chi connectivity index (χ3v) is 6.86. The average Bonchev–Trinajstić information content (AvgIpc) is 3.29. The van der Waals surface area contributed by atoms with Crippen molar-refractivity contribution in [2.24, 2.45) is 13.0 Å². The van der Waals surface area contributed by atoms with Crippen LogP contribution in [-0.2, 0) is 7.05 Å². The van der Waals surface area contributed by atoms with Crippen LogP contribution in [0.3, 0.4) is 0 Å². The largest absolute Gasteiger partial charge is 0.356 e. The van der Waals surface area contributed by atoms with Gasteiger partial charge in [-0.15, -0.1) is 0 Å². The Kier molecular flexibility index (Phi) is 6.21. The van der Waals surface area contributed by atoms with Crippen LogP contribution in [0.2, 0.25) is 0 Å². The van der Waals surface area contributed by atoms with Gasteiger partial charge >= 0.3 is 0 Å². The van der Waals surface area contributed by atoms with Crippen molar-refractivity contribution in [2.75, 3.05) is 37.4 Å². The van der Waals surface area contributed by atoms with Gasteiger partial charge in [-0.2, -0.15) is 5.10 Å². The highest BCUT2D eigenvalue weighted by atomic mass is 16.1. The zero-order valence-electron chi connectivity index (χ0n) is 20.6. The number of nitrogens with zero attached hydrogens (tertiary/aromatic N) is 6. The van der Waals surface area contributed by atoms with Crippen LogP contribution in [0, 0.1) is 5.92 Å². The minimum Gasteiger partial charge on any atom is -0.356 e. The molecule has 35 heavy (non-hydrogen) atoms. The van der Waals surface area contributed by atoms with E-state index in [0.29, 0.717) is 23.3 Å².